The molecule has 0 spiro atoms. The average Bonchev–Trinajstić information content (AvgIpc) is 2.67. The van der Waals surface area contributed by atoms with Gasteiger partial charge >= 0.3 is 11.9 Å². The van der Waals surface area contributed by atoms with E-state index in [2.05, 4.69) is 4.98 Å². The number of nitrogens with one attached hydrogen (secondary N) is 1. The van der Waals surface area contributed by atoms with E-state index in [-0.39, 0.29) is 0 Å². The summed E-state index contributed by atoms with van der Waals surface area (Å²) in [5, 5.41) is 0. The highest BCUT2D eigenvalue weighted by molar-refractivity contribution is 5.98. The third kappa shape index (κ3) is 3.36. The van der Waals surface area contributed by atoms with E-state index in [1.165, 1.54) is 0 Å². The standard InChI is InChI=1S/C14H21NO4/c1-5-8-10-11(13(16)18-6-2)9(4)12(15-10)14(17)19-7-3/h15H,5-8H2,1-4H3. The molecule has 5 heteroatoms. The molecule has 0 atom stereocenters. The molecular formula is C14H21NO4. The largest absolute Gasteiger partial charge is 0.462 e. The topological polar surface area (TPSA) is 68.4 Å². The molecule has 0 aromatic carbocycles. The molecule has 106 valence electrons. The monoisotopic (exact) mass is 267 g/mol. The molecule has 0 aliphatic rings. The molecule has 0 saturated carbocycles. The lowest BCUT2D eigenvalue weighted by molar-refractivity contribution is 0.0517. The quantitative estimate of drug-likeness (QED) is 0.804. The van der Waals surface area contributed by atoms with Crippen LogP contribution in [0, 0.1) is 6.92 Å². The smallest absolute Gasteiger partial charge is 0.355 e. The fourth-order valence-corrected chi connectivity index (χ4v) is 1.98. The maximum atomic E-state index is 12.0. The summed E-state index contributed by atoms with van der Waals surface area (Å²) in [6, 6.07) is 0. The van der Waals surface area contributed by atoms with Crippen molar-refractivity contribution in [1.29, 1.82) is 0 Å². The number of esters is 2. The number of carbonyl (C=O) groups excluding carboxylic acids is 2. The first-order valence-electron chi connectivity index (χ1n) is 6.62. The van der Waals surface area contributed by atoms with Crippen molar-refractivity contribution in [3.63, 3.8) is 0 Å². The number of aromatic amines is 1. The number of aryl methyl sites for hydroxylation is 1. The molecule has 1 aromatic rings. The van der Waals surface area contributed by atoms with Gasteiger partial charge in [-0.15, -0.1) is 0 Å². The van der Waals surface area contributed by atoms with Crippen LogP contribution in [0.1, 0.15) is 59.3 Å². The summed E-state index contributed by atoms with van der Waals surface area (Å²) < 4.78 is 10.0. The summed E-state index contributed by atoms with van der Waals surface area (Å²) in [5.41, 5.74) is 2.14. The third-order valence-electron chi connectivity index (χ3n) is 2.79. The molecule has 0 aliphatic carbocycles. The van der Waals surface area contributed by atoms with Gasteiger partial charge in [-0.2, -0.15) is 0 Å². The lowest BCUT2D eigenvalue weighted by Crippen LogP contribution is -2.09. The maximum Gasteiger partial charge on any atom is 0.355 e. The van der Waals surface area contributed by atoms with Gasteiger partial charge in [0.15, 0.2) is 0 Å². The Morgan fingerprint density at radius 1 is 1.05 bits per heavy atom. The summed E-state index contributed by atoms with van der Waals surface area (Å²) in [5.74, 6) is -0.830. The number of carbonyl (C=O) groups is 2. The van der Waals surface area contributed by atoms with Gasteiger partial charge in [0.25, 0.3) is 0 Å². The number of H-pyrrole nitrogens is 1. The van der Waals surface area contributed by atoms with E-state index in [1.807, 2.05) is 6.92 Å². The van der Waals surface area contributed by atoms with Crippen molar-refractivity contribution in [3.05, 3.63) is 22.5 Å². The molecule has 0 saturated heterocycles. The molecule has 0 fully saturated rings. The fraction of sp³-hybridized carbons (Fsp3) is 0.571. The van der Waals surface area contributed by atoms with E-state index in [9.17, 15) is 9.59 Å². The van der Waals surface area contributed by atoms with Crippen molar-refractivity contribution >= 4 is 11.9 Å². The molecule has 5 nitrogen and oxygen atoms in total. The Balaban J connectivity index is 3.19. The lowest BCUT2D eigenvalue weighted by atomic mass is 10.1. The van der Waals surface area contributed by atoms with Crippen LogP contribution in [0.15, 0.2) is 0 Å². The second-order valence-electron chi connectivity index (χ2n) is 4.17. The van der Waals surface area contributed by atoms with Gasteiger partial charge in [0.05, 0.1) is 18.8 Å². The first kappa shape index (κ1) is 15.3. The Hall–Kier alpha value is -1.78. The molecule has 1 aromatic heterocycles. The molecule has 0 unspecified atom stereocenters. The Bertz CT molecular complexity index is 462. The Labute approximate surface area is 113 Å². The van der Waals surface area contributed by atoms with Crippen molar-refractivity contribution in [3.8, 4) is 0 Å². The molecule has 19 heavy (non-hydrogen) atoms. The van der Waals surface area contributed by atoms with Crippen LogP contribution in [0.25, 0.3) is 0 Å². The average molecular weight is 267 g/mol. The second kappa shape index (κ2) is 6.97. The lowest BCUT2D eigenvalue weighted by Gasteiger charge is -2.04. The Morgan fingerprint density at radius 3 is 2.16 bits per heavy atom. The van der Waals surface area contributed by atoms with Crippen molar-refractivity contribution in [1.82, 2.24) is 4.98 Å². The van der Waals surface area contributed by atoms with E-state index in [4.69, 9.17) is 9.47 Å². The highest BCUT2D eigenvalue weighted by atomic mass is 16.5. The van der Waals surface area contributed by atoms with Crippen molar-refractivity contribution in [2.45, 2.75) is 40.5 Å². The summed E-state index contributed by atoms with van der Waals surface area (Å²) in [6.07, 6.45) is 1.56. The van der Waals surface area contributed by atoms with Gasteiger partial charge < -0.3 is 14.5 Å². The van der Waals surface area contributed by atoms with Gasteiger partial charge in [0.1, 0.15) is 5.69 Å². The zero-order valence-electron chi connectivity index (χ0n) is 12.0. The van der Waals surface area contributed by atoms with Crippen LogP contribution >= 0.6 is 0 Å². The molecule has 1 N–H and O–H groups in total. The van der Waals surface area contributed by atoms with Crippen molar-refractivity contribution in [2.24, 2.45) is 0 Å². The Kier molecular flexibility index (Phi) is 5.60. The summed E-state index contributed by atoms with van der Waals surface area (Å²) >= 11 is 0. The van der Waals surface area contributed by atoms with Crippen molar-refractivity contribution < 1.29 is 19.1 Å². The minimum atomic E-state index is -0.437. The zero-order chi connectivity index (χ0) is 14.4. The molecule has 0 amide bonds. The molecular weight excluding hydrogens is 246 g/mol. The van der Waals surface area contributed by atoms with Crippen molar-refractivity contribution in [2.75, 3.05) is 13.2 Å². The van der Waals surface area contributed by atoms with Gasteiger partial charge in [-0.1, -0.05) is 13.3 Å². The fourth-order valence-electron chi connectivity index (χ4n) is 1.98. The summed E-state index contributed by atoms with van der Waals surface area (Å²) in [6.45, 7) is 7.85. The van der Waals surface area contributed by atoms with Gasteiger partial charge in [0, 0.05) is 5.69 Å². The van der Waals surface area contributed by atoms with E-state index >= 15 is 0 Å². The van der Waals surface area contributed by atoms with Gasteiger partial charge in [-0.25, -0.2) is 9.59 Å². The maximum absolute atomic E-state index is 12.0. The second-order valence-corrected chi connectivity index (χ2v) is 4.17. The van der Waals surface area contributed by atoms with Gasteiger partial charge in [-0.05, 0) is 32.8 Å². The van der Waals surface area contributed by atoms with Crippen LogP contribution in [-0.4, -0.2) is 30.1 Å². The molecule has 0 aliphatic heterocycles. The third-order valence-corrected chi connectivity index (χ3v) is 2.79. The number of hydrogen-bond donors (Lipinski definition) is 1. The first-order chi connectivity index (χ1) is 9.06. The number of ether oxygens (including phenoxy) is 2. The predicted molar refractivity (Wildman–Crippen MR) is 71.4 cm³/mol. The first-order valence-corrected chi connectivity index (χ1v) is 6.62. The van der Waals surface area contributed by atoms with E-state index in [0.29, 0.717) is 36.5 Å². The molecule has 0 radical (unpaired) electrons. The Morgan fingerprint density at radius 2 is 1.63 bits per heavy atom. The van der Waals surface area contributed by atoms with Crippen LogP contribution < -0.4 is 0 Å². The van der Waals surface area contributed by atoms with Crippen LogP contribution in [0.3, 0.4) is 0 Å². The van der Waals surface area contributed by atoms with Gasteiger partial charge in [0.2, 0.25) is 0 Å². The van der Waals surface area contributed by atoms with E-state index in [0.717, 1.165) is 12.1 Å². The number of rotatable bonds is 6. The van der Waals surface area contributed by atoms with E-state index < -0.39 is 11.9 Å². The minimum Gasteiger partial charge on any atom is -0.462 e. The van der Waals surface area contributed by atoms with Crippen LogP contribution in [-0.2, 0) is 15.9 Å². The molecule has 1 heterocycles. The highest BCUT2D eigenvalue weighted by Gasteiger charge is 2.24. The minimum absolute atomic E-state index is 0.301. The van der Waals surface area contributed by atoms with E-state index in [1.54, 1.807) is 20.8 Å². The highest BCUT2D eigenvalue weighted by Crippen LogP contribution is 2.21. The predicted octanol–water partition coefficient (Wildman–Crippen LogP) is 2.63. The van der Waals surface area contributed by atoms with Crippen LogP contribution in [0.5, 0.6) is 0 Å². The SMILES string of the molecule is CCCc1[nH]c(C(=O)OCC)c(C)c1C(=O)OCC. The summed E-state index contributed by atoms with van der Waals surface area (Å²) in [4.78, 5) is 26.8. The zero-order valence-corrected chi connectivity index (χ0v) is 12.0. The summed E-state index contributed by atoms with van der Waals surface area (Å²) in [7, 11) is 0. The van der Waals surface area contributed by atoms with Crippen LogP contribution in [0.4, 0.5) is 0 Å². The molecule has 1 rings (SSSR count). The molecule has 0 bridgehead atoms. The van der Waals surface area contributed by atoms with Crippen LogP contribution in [0.2, 0.25) is 0 Å². The number of aromatic nitrogens is 1. The van der Waals surface area contributed by atoms with Gasteiger partial charge in [-0.3, -0.25) is 0 Å². The number of hydrogen-bond acceptors (Lipinski definition) is 4. The normalized spacial score (nSPS) is 10.3.